The number of benzene rings is 2. The number of nitrogens with one attached hydrogen (secondary N) is 1. The van der Waals surface area contributed by atoms with E-state index < -0.39 is 23.2 Å². The number of carbonyl (C=O) groups is 2. The number of amides is 2. The first-order valence-corrected chi connectivity index (χ1v) is 8.76. The molecule has 0 aromatic heterocycles. The Labute approximate surface area is 159 Å². The van der Waals surface area contributed by atoms with Crippen molar-refractivity contribution in [2.24, 2.45) is 0 Å². The largest absolute Gasteiger partial charge is 0.496 e. The molecule has 0 bridgehead atoms. The summed E-state index contributed by atoms with van der Waals surface area (Å²) in [5.41, 5.74) is 3.31. The van der Waals surface area contributed by atoms with Crippen LogP contribution in [0.1, 0.15) is 54.0 Å². The van der Waals surface area contributed by atoms with Crippen LogP contribution in [0.15, 0.2) is 42.5 Å². The minimum absolute atomic E-state index is 0.159. The summed E-state index contributed by atoms with van der Waals surface area (Å²) in [5.74, 6) is -0.812. The van der Waals surface area contributed by atoms with Gasteiger partial charge in [-0.3, -0.25) is 15.0 Å². The van der Waals surface area contributed by atoms with Crippen LogP contribution < -0.4 is 10.2 Å². The number of methoxy groups -OCH3 is 1. The first kappa shape index (κ1) is 20.4. The summed E-state index contributed by atoms with van der Waals surface area (Å²) in [6.45, 7) is 7.29. The Morgan fingerprint density at radius 3 is 2.37 bits per heavy atom. The Hall–Kier alpha value is -2.89. The SMILES string of the molecule is CCc1c(OC)cccc1C(=O)NN(C(=O)c1cccc(F)c1)C(C)(C)C. The van der Waals surface area contributed by atoms with E-state index >= 15 is 0 Å². The average molecular weight is 372 g/mol. The molecule has 27 heavy (non-hydrogen) atoms. The van der Waals surface area contributed by atoms with E-state index in [1.165, 1.54) is 23.2 Å². The second kappa shape index (κ2) is 8.20. The predicted molar refractivity (Wildman–Crippen MR) is 102 cm³/mol. The number of rotatable bonds is 4. The first-order chi connectivity index (χ1) is 12.7. The van der Waals surface area contributed by atoms with E-state index in [4.69, 9.17) is 4.74 Å². The maximum Gasteiger partial charge on any atom is 0.272 e. The van der Waals surface area contributed by atoms with Crippen LogP contribution in [0, 0.1) is 5.82 Å². The quantitative estimate of drug-likeness (QED) is 0.826. The fraction of sp³-hybridized carbons (Fsp3) is 0.333. The van der Waals surface area contributed by atoms with E-state index in [1.54, 1.807) is 46.1 Å². The Bertz CT molecular complexity index is 844. The van der Waals surface area contributed by atoms with Gasteiger partial charge < -0.3 is 4.74 Å². The Balaban J connectivity index is 2.38. The van der Waals surface area contributed by atoms with Crippen LogP contribution in [0.4, 0.5) is 4.39 Å². The van der Waals surface area contributed by atoms with Crippen LogP contribution in [0.3, 0.4) is 0 Å². The van der Waals surface area contributed by atoms with Gasteiger partial charge in [-0.25, -0.2) is 9.40 Å². The molecule has 1 N–H and O–H groups in total. The van der Waals surface area contributed by atoms with Gasteiger partial charge in [-0.05, 0) is 57.5 Å². The van der Waals surface area contributed by atoms with Gasteiger partial charge in [0.25, 0.3) is 11.8 Å². The molecule has 0 aliphatic rings. The van der Waals surface area contributed by atoms with Crippen molar-refractivity contribution in [2.75, 3.05) is 7.11 Å². The van der Waals surface area contributed by atoms with E-state index in [2.05, 4.69) is 5.43 Å². The van der Waals surface area contributed by atoms with Crippen molar-refractivity contribution < 1.29 is 18.7 Å². The number of ether oxygens (including phenoxy) is 1. The Morgan fingerprint density at radius 2 is 1.81 bits per heavy atom. The van der Waals surface area contributed by atoms with Crippen LogP contribution in [0.2, 0.25) is 0 Å². The smallest absolute Gasteiger partial charge is 0.272 e. The number of hydrogen-bond donors (Lipinski definition) is 1. The zero-order valence-electron chi connectivity index (χ0n) is 16.3. The topological polar surface area (TPSA) is 58.6 Å². The van der Waals surface area contributed by atoms with Crippen LogP contribution in [-0.4, -0.2) is 29.5 Å². The molecule has 0 aliphatic heterocycles. The minimum Gasteiger partial charge on any atom is -0.496 e. The highest BCUT2D eigenvalue weighted by Gasteiger charge is 2.30. The lowest BCUT2D eigenvalue weighted by atomic mass is 10.0. The second-order valence-electron chi connectivity index (χ2n) is 7.10. The first-order valence-electron chi connectivity index (χ1n) is 8.76. The van der Waals surface area contributed by atoms with Crippen molar-refractivity contribution in [2.45, 2.75) is 39.7 Å². The standard InChI is InChI=1S/C21H25FN2O3/c1-6-16-17(11-8-12-18(16)27-5)19(25)23-24(21(2,3)4)20(26)14-9-7-10-15(22)13-14/h7-13H,6H2,1-5H3,(H,23,25). The summed E-state index contributed by atoms with van der Waals surface area (Å²) in [6.07, 6.45) is 0.597. The monoisotopic (exact) mass is 372 g/mol. The minimum atomic E-state index is -0.718. The Kier molecular flexibility index (Phi) is 6.20. The van der Waals surface area contributed by atoms with Crippen LogP contribution in [0.25, 0.3) is 0 Å². The third-order valence-electron chi connectivity index (χ3n) is 4.11. The van der Waals surface area contributed by atoms with Crippen molar-refractivity contribution in [3.05, 3.63) is 65.0 Å². The molecule has 6 heteroatoms. The number of halogens is 1. The average Bonchev–Trinajstić information content (AvgIpc) is 2.63. The van der Waals surface area contributed by atoms with Crippen LogP contribution >= 0.6 is 0 Å². The molecule has 5 nitrogen and oxygen atoms in total. The zero-order chi connectivity index (χ0) is 20.2. The molecule has 2 rings (SSSR count). The highest BCUT2D eigenvalue weighted by atomic mass is 19.1. The van der Waals surface area contributed by atoms with Crippen LogP contribution in [0.5, 0.6) is 5.75 Å². The van der Waals surface area contributed by atoms with E-state index in [0.717, 1.165) is 11.6 Å². The molecular formula is C21H25FN2O3. The van der Waals surface area contributed by atoms with Crippen LogP contribution in [-0.2, 0) is 6.42 Å². The van der Waals surface area contributed by atoms with E-state index in [1.807, 2.05) is 6.92 Å². The number of hydrazine groups is 1. The van der Waals surface area contributed by atoms with Crippen molar-refractivity contribution in [3.63, 3.8) is 0 Å². The van der Waals surface area contributed by atoms with Crippen molar-refractivity contribution in [3.8, 4) is 5.75 Å². The molecule has 0 aliphatic carbocycles. The van der Waals surface area contributed by atoms with Gasteiger partial charge in [-0.1, -0.05) is 19.1 Å². The molecule has 0 spiro atoms. The maximum atomic E-state index is 13.5. The van der Waals surface area contributed by atoms with Gasteiger partial charge in [0.15, 0.2) is 0 Å². The summed E-state index contributed by atoms with van der Waals surface area (Å²) in [4.78, 5) is 25.8. The third kappa shape index (κ3) is 4.64. The molecule has 0 saturated heterocycles. The van der Waals surface area contributed by atoms with Gasteiger partial charge in [-0.2, -0.15) is 0 Å². The molecule has 0 fully saturated rings. The fourth-order valence-electron chi connectivity index (χ4n) is 2.77. The second-order valence-corrected chi connectivity index (χ2v) is 7.10. The van der Waals surface area contributed by atoms with Crippen molar-refractivity contribution >= 4 is 11.8 Å². The molecule has 2 aromatic carbocycles. The highest BCUT2D eigenvalue weighted by Crippen LogP contribution is 2.24. The molecule has 0 radical (unpaired) electrons. The summed E-state index contributed by atoms with van der Waals surface area (Å²) < 4.78 is 18.9. The lowest BCUT2D eigenvalue weighted by molar-refractivity contribution is 0.0358. The van der Waals surface area contributed by atoms with Gasteiger partial charge in [0.1, 0.15) is 11.6 Å². The van der Waals surface area contributed by atoms with Gasteiger partial charge in [0.05, 0.1) is 12.6 Å². The molecule has 0 unspecified atom stereocenters. The molecule has 2 amide bonds. The molecule has 0 heterocycles. The van der Waals surface area contributed by atoms with Gasteiger partial charge in [-0.15, -0.1) is 0 Å². The number of nitrogens with zero attached hydrogens (tertiary/aromatic N) is 1. The zero-order valence-corrected chi connectivity index (χ0v) is 16.3. The van der Waals surface area contributed by atoms with E-state index in [9.17, 15) is 14.0 Å². The predicted octanol–water partition coefficient (Wildman–Crippen LogP) is 3.98. The molecule has 0 atom stereocenters. The lowest BCUT2D eigenvalue weighted by Gasteiger charge is -2.35. The van der Waals surface area contributed by atoms with Crippen molar-refractivity contribution in [1.29, 1.82) is 0 Å². The Morgan fingerprint density at radius 1 is 1.15 bits per heavy atom. The molecule has 144 valence electrons. The van der Waals surface area contributed by atoms with E-state index in [0.29, 0.717) is 17.7 Å². The lowest BCUT2D eigenvalue weighted by Crippen LogP contribution is -2.56. The molecular weight excluding hydrogens is 347 g/mol. The maximum absolute atomic E-state index is 13.5. The summed E-state index contributed by atoms with van der Waals surface area (Å²) in [5, 5.41) is 1.23. The highest BCUT2D eigenvalue weighted by molar-refractivity contribution is 6.00. The summed E-state index contributed by atoms with van der Waals surface area (Å²) >= 11 is 0. The number of hydrogen-bond acceptors (Lipinski definition) is 3. The normalized spacial score (nSPS) is 11.0. The summed E-state index contributed by atoms with van der Waals surface area (Å²) in [6, 6.07) is 10.6. The van der Waals surface area contributed by atoms with Gasteiger partial charge >= 0.3 is 0 Å². The van der Waals surface area contributed by atoms with Gasteiger partial charge in [0, 0.05) is 16.7 Å². The van der Waals surface area contributed by atoms with Gasteiger partial charge in [0.2, 0.25) is 0 Å². The molecule has 2 aromatic rings. The number of carbonyl (C=O) groups excluding carboxylic acids is 2. The third-order valence-corrected chi connectivity index (χ3v) is 4.11. The summed E-state index contributed by atoms with van der Waals surface area (Å²) in [7, 11) is 1.55. The molecule has 0 saturated carbocycles. The fourth-order valence-corrected chi connectivity index (χ4v) is 2.77. The van der Waals surface area contributed by atoms with E-state index in [-0.39, 0.29) is 5.56 Å². The van der Waals surface area contributed by atoms with Crippen molar-refractivity contribution in [1.82, 2.24) is 10.4 Å².